The van der Waals surface area contributed by atoms with Crippen molar-refractivity contribution in [3.05, 3.63) is 0 Å². The number of hydrogen-bond donors (Lipinski definition) is 3. The third-order valence-corrected chi connectivity index (χ3v) is 2.89. The first-order chi connectivity index (χ1) is 7.60. The largest absolute Gasteiger partial charge is 0.464 e. The van der Waals surface area contributed by atoms with Crippen molar-refractivity contribution < 1.29 is 9.90 Å². The molecule has 1 saturated heterocycles. The summed E-state index contributed by atoms with van der Waals surface area (Å²) >= 11 is 0. The van der Waals surface area contributed by atoms with Crippen LogP contribution in [0.2, 0.25) is 0 Å². The molecule has 0 spiro atoms. The molecule has 1 aliphatic heterocycles. The Bertz CT molecular complexity index is 275. The van der Waals surface area contributed by atoms with Crippen LogP contribution in [0.3, 0.4) is 0 Å². The van der Waals surface area contributed by atoms with E-state index in [1.54, 1.807) is 11.9 Å². The van der Waals surface area contributed by atoms with E-state index >= 15 is 0 Å². The Morgan fingerprint density at radius 1 is 1.65 bits per heavy atom. The van der Waals surface area contributed by atoms with Crippen LogP contribution in [0, 0.1) is 11.3 Å². The molecule has 6 nitrogen and oxygen atoms in total. The van der Waals surface area contributed by atoms with E-state index in [9.17, 15) is 4.79 Å². The van der Waals surface area contributed by atoms with E-state index in [1.165, 1.54) is 0 Å². The quantitative estimate of drug-likeness (QED) is 0.530. The fourth-order valence-electron chi connectivity index (χ4n) is 1.97. The van der Waals surface area contributed by atoms with Gasteiger partial charge in [-0.05, 0) is 25.3 Å². The zero-order valence-electron chi connectivity index (χ0n) is 10.1. The van der Waals surface area contributed by atoms with Gasteiger partial charge in [-0.2, -0.15) is 5.01 Å². The summed E-state index contributed by atoms with van der Waals surface area (Å²) in [6.45, 7) is 3.67. The molecule has 0 unspecified atom stereocenters. The average molecular weight is 265 g/mol. The Balaban J connectivity index is 0.00000256. The fourth-order valence-corrected chi connectivity index (χ4v) is 1.97. The SMILES string of the molecule is CCC(=N)N(C(=O)O)N1CCC[C@@H](CN)C1.Cl. The number of amidine groups is 1. The molecule has 1 amide bonds. The number of amides is 1. The van der Waals surface area contributed by atoms with Crippen LogP contribution in [0.25, 0.3) is 0 Å². The minimum absolute atomic E-state index is 0. The summed E-state index contributed by atoms with van der Waals surface area (Å²) in [5.74, 6) is 0.449. The molecule has 0 aromatic heterocycles. The number of carbonyl (C=O) groups is 1. The zero-order valence-corrected chi connectivity index (χ0v) is 10.9. The topological polar surface area (TPSA) is 93.6 Å². The molecule has 1 aliphatic rings. The normalized spacial score (nSPS) is 20.5. The van der Waals surface area contributed by atoms with Crippen LogP contribution in [0.15, 0.2) is 0 Å². The molecule has 1 rings (SSSR count). The number of halogens is 1. The van der Waals surface area contributed by atoms with Crippen molar-refractivity contribution in [2.45, 2.75) is 26.2 Å². The number of nitrogens with zero attached hydrogens (tertiary/aromatic N) is 2. The van der Waals surface area contributed by atoms with Crippen LogP contribution in [0.1, 0.15) is 26.2 Å². The Labute approximate surface area is 108 Å². The van der Waals surface area contributed by atoms with Crippen LogP contribution in [0.5, 0.6) is 0 Å². The Morgan fingerprint density at radius 2 is 2.29 bits per heavy atom. The summed E-state index contributed by atoms with van der Waals surface area (Å²) < 4.78 is 0. The molecular weight excluding hydrogens is 244 g/mol. The minimum atomic E-state index is -1.08. The lowest BCUT2D eigenvalue weighted by Gasteiger charge is -2.38. The van der Waals surface area contributed by atoms with Crippen LogP contribution < -0.4 is 5.73 Å². The predicted octanol–water partition coefficient (Wildman–Crippen LogP) is 1.36. The lowest BCUT2D eigenvalue weighted by atomic mass is 9.99. The highest BCUT2D eigenvalue weighted by Gasteiger charge is 2.28. The minimum Gasteiger partial charge on any atom is -0.464 e. The van der Waals surface area contributed by atoms with Gasteiger partial charge in [-0.1, -0.05) is 6.92 Å². The van der Waals surface area contributed by atoms with Gasteiger partial charge in [0.2, 0.25) is 0 Å². The summed E-state index contributed by atoms with van der Waals surface area (Å²) in [6.07, 6.45) is 1.31. The number of hydrazine groups is 1. The summed E-state index contributed by atoms with van der Waals surface area (Å²) in [5.41, 5.74) is 5.60. The van der Waals surface area contributed by atoms with Gasteiger partial charge < -0.3 is 10.8 Å². The Hall–Kier alpha value is -0.850. The van der Waals surface area contributed by atoms with E-state index in [2.05, 4.69) is 0 Å². The van der Waals surface area contributed by atoms with E-state index in [-0.39, 0.29) is 18.2 Å². The molecule has 100 valence electrons. The zero-order chi connectivity index (χ0) is 12.1. The van der Waals surface area contributed by atoms with Crippen LogP contribution in [-0.2, 0) is 0 Å². The number of hydrogen-bond acceptors (Lipinski definition) is 4. The van der Waals surface area contributed by atoms with Crippen molar-refractivity contribution in [3.63, 3.8) is 0 Å². The van der Waals surface area contributed by atoms with Gasteiger partial charge in [-0.3, -0.25) is 5.41 Å². The number of carboxylic acid groups (broad SMARTS) is 1. The highest BCUT2D eigenvalue weighted by molar-refractivity contribution is 5.92. The predicted molar refractivity (Wildman–Crippen MR) is 68.5 cm³/mol. The van der Waals surface area contributed by atoms with Crippen molar-refractivity contribution in [2.24, 2.45) is 11.7 Å². The summed E-state index contributed by atoms with van der Waals surface area (Å²) in [6, 6.07) is 0. The van der Waals surface area contributed by atoms with Crippen molar-refractivity contribution in [2.75, 3.05) is 19.6 Å². The molecule has 0 saturated carbocycles. The molecule has 0 bridgehead atoms. The maximum atomic E-state index is 11.1. The number of nitrogens with one attached hydrogen (secondary N) is 1. The highest BCUT2D eigenvalue weighted by atomic mass is 35.5. The van der Waals surface area contributed by atoms with Gasteiger partial charge >= 0.3 is 6.09 Å². The summed E-state index contributed by atoms with van der Waals surface area (Å²) in [4.78, 5) is 11.1. The van der Waals surface area contributed by atoms with Crippen molar-refractivity contribution >= 4 is 24.3 Å². The monoisotopic (exact) mass is 264 g/mol. The molecule has 0 aliphatic carbocycles. The number of rotatable bonds is 3. The third kappa shape index (κ3) is 4.14. The van der Waals surface area contributed by atoms with E-state index in [0.717, 1.165) is 17.9 Å². The Kier molecular flexibility index (Phi) is 7.10. The maximum Gasteiger partial charge on any atom is 0.427 e. The number of nitrogens with two attached hydrogens (primary N) is 1. The third-order valence-electron chi connectivity index (χ3n) is 2.89. The van der Waals surface area contributed by atoms with Crippen molar-refractivity contribution in [3.8, 4) is 0 Å². The molecule has 1 fully saturated rings. The standard InChI is InChI=1S/C10H20N4O2.ClH/c1-2-9(12)14(10(15)16)13-5-3-4-8(6-11)7-13;/h8,12H,2-7,11H2,1H3,(H,15,16);1H/t8-;/m0./s1. The lowest BCUT2D eigenvalue weighted by Crippen LogP contribution is -2.53. The average Bonchev–Trinajstić information content (AvgIpc) is 2.29. The van der Waals surface area contributed by atoms with Gasteiger partial charge in [0.05, 0.1) is 0 Å². The fraction of sp³-hybridized carbons (Fsp3) is 0.800. The number of piperidine rings is 1. The molecule has 0 aromatic carbocycles. The first-order valence-electron chi connectivity index (χ1n) is 5.65. The van der Waals surface area contributed by atoms with Gasteiger partial charge in [-0.25, -0.2) is 9.80 Å². The second-order valence-electron chi connectivity index (χ2n) is 4.05. The molecule has 17 heavy (non-hydrogen) atoms. The van der Waals surface area contributed by atoms with Gasteiger partial charge in [-0.15, -0.1) is 12.4 Å². The summed E-state index contributed by atoms with van der Waals surface area (Å²) in [5, 5.41) is 19.5. The van der Waals surface area contributed by atoms with Crippen molar-refractivity contribution in [1.29, 1.82) is 5.41 Å². The van der Waals surface area contributed by atoms with E-state index in [0.29, 0.717) is 32.0 Å². The van der Waals surface area contributed by atoms with E-state index in [1.807, 2.05) is 0 Å². The highest BCUT2D eigenvalue weighted by Crippen LogP contribution is 2.17. The van der Waals surface area contributed by atoms with Crippen molar-refractivity contribution in [1.82, 2.24) is 10.0 Å². The maximum absolute atomic E-state index is 11.1. The van der Waals surface area contributed by atoms with Gasteiger partial charge in [0.25, 0.3) is 0 Å². The summed E-state index contributed by atoms with van der Waals surface area (Å²) in [7, 11) is 0. The molecule has 7 heteroatoms. The van der Waals surface area contributed by atoms with E-state index in [4.69, 9.17) is 16.2 Å². The first-order valence-corrected chi connectivity index (χ1v) is 5.65. The van der Waals surface area contributed by atoms with Crippen LogP contribution in [-0.4, -0.2) is 46.7 Å². The molecular formula is C10H21ClN4O2. The molecule has 1 heterocycles. The molecule has 1 atom stereocenters. The molecule has 0 radical (unpaired) electrons. The molecule has 4 N–H and O–H groups in total. The molecule has 0 aromatic rings. The van der Waals surface area contributed by atoms with Crippen LogP contribution >= 0.6 is 12.4 Å². The first kappa shape index (κ1) is 16.1. The van der Waals surface area contributed by atoms with Gasteiger partial charge in [0.1, 0.15) is 5.84 Å². The van der Waals surface area contributed by atoms with E-state index < -0.39 is 6.09 Å². The smallest absolute Gasteiger partial charge is 0.427 e. The van der Waals surface area contributed by atoms with Gasteiger partial charge in [0, 0.05) is 19.5 Å². The lowest BCUT2D eigenvalue weighted by molar-refractivity contribution is 0.0114. The van der Waals surface area contributed by atoms with Gasteiger partial charge in [0.15, 0.2) is 0 Å². The Morgan fingerprint density at radius 3 is 2.76 bits per heavy atom. The second-order valence-corrected chi connectivity index (χ2v) is 4.05. The van der Waals surface area contributed by atoms with Crippen LogP contribution in [0.4, 0.5) is 4.79 Å². The second kappa shape index (κ2) is 7.47.